The van der Waals surface area contributed by atoms with Gasteiger partial charge in [0.05, 0.1) is 25.2 Å². The molecule has 0 aliphatic heterocycles. The van der Waals surface area contributed by atoms with Crippen molar-refractivity contribution < 1.29 is 17.9 Å². The van der Waals surface area contributed by atoms with Crippen molar-refractivity contribution in [1.29, 1.82) is 0 Å². The average Bonchev–Trinajstić information content (AvgIpc) is 3.46. The van der Waals surface area contributed by atoms with Gasteiger partial charge in [-0.1, -0.05) is 16.8 Å². The molecule has 0 saturated heterocycles. The predicted octanol–water partition coefficient (Wildman–Crippen LogP) is 4.64. The summed E-state index contributed by atoms with van der Waals surface area (Å²) in [6.45, 7) is 0. The third-order valence-electron chi connectivity index (χ3n) is 5.15. The summed E-state index contributed by atoms with van der Waals surface area (Å²) < 4.78 is 47.0. The van der Waals surface area contributed by atoms with Crippen molar-refractivity contribution >= 4 is 22.6 Å². The Labute approximate surface area is 194 Å². The Morgan fingerprint density at radius 3 is 2.62 bits per heavy atom. The Kier molecular flexibility index (Phi) is 5.13. The average molecular weight is 487 g/mol. The van der Waals surface area contributed by atoms with E-state index in [2.05, 4.69) is 20.3 Å². The third kappa shape index (κ3) is 3.79. The number of alkyl halides is 3. The lowest BCUT2D eigenvalue weighted by Crippen LogP contribution is -2.18. The van der Waals surface area contributed by atoms with Gasteiger partial charge in [0.15, 0.2) is 5.69 Å². The van der Waals surface area contributed by atoms with E-state index in [0.717, 1.165) is 16.3 Å². The molecule has 5 aromatic rings. The fourth-order valence-electron chi connectivity index (χ4n) is 3.58. The van der Waals surface area contributed by atoms with Crippen molar-refractivity contribution in [3.05, 3.63) is 82.1 Å². The van der Waals surface area contributed by atoms with Crippen LogP contribution in [-0.4, -0.2) is 36.6 Å². The van der Waals surface area contributed by atoms with Crippen LogP contribution in [-0.2, 0) is 6.18 Å². The number of aromatic amines is 1. The summed E-state index contributed by atoms with van der Waals surface area (Å²) in [6, 6.07) is 11.2. The van der Waals surface area contributed by atoms with Gasteiger partial charge in [-0.2, -0.15) is 13.2 Å². The number of pyridine rings is 2. The summed E-state index contributed by atoms with van der Waals surface area (Å²) in [5.41, 5.74) is -0.0648. The standard InChI is InChI=1S/C22H14ClF3N6O2/c1-34-17-10-31(19-7-12-3-2-6-27-21(12)28-19)20(33)9-15(17)14-8-13(23)4-5-16(14)32-11-18(29-30-32)22(24,25)26/h2-11H,1H3,(H,27,28). The summed E-state index contributed by atoms with van der Waals surface area (Å²) in [5, 5.41) is 7.93. The van der Waals surface area contributed by atoms with Crippen molar-refractivity contribution in [3.63, 3.8) is 0 Å². The van der Waals surface area contributed by atoms with Crippen LogP contribution in [0.25, 0.3) is 33.7 Å². The molecule has 0 atom stereocenters. The minimum absolute atomic E-state index is 0.234. The molecule has 0 saturated carbocycles. The van der Waals surface area contributed by atoms with E-state index in [-0.39, 0.29) is 11.4 Å². The lowest BCUT2D eigenvalue weighted by Gasteiger charge is -2.15. The normalized spacial score (nSPS) is 11.8. The van der Waals surface area contributed by atoms with Gasteiger partial charge in [-0.25, -0.2) is 9.67 Å². The van der Waals surface area contributed by atoms with Gasteiger partial charge in [-0.05, 0) is 36.4 Å². The molecular formula is C22H14ClF3N6O2. The highest BCUT2D eigenvalue weighted by Crippen LogP contribution is 2.36. The summed E-state index contributed by atoms with van der Waals surface area (Å²) in [4.78, 5) is 20.4. The zero-order valence-electron chi connectivity index (χ0n) is 17.3. The van der Waals surface area contributed by atoms with E-state index in [1.807, 2.05) is 6.07 Å². The van der Waals surface area contributed by atoms with E-state index in [0.29, 0.717) is 27.6 Å². The second-order valence-corrected chi connectivity index (χ2v) is 7.70. The molecule has 0 unspecified atom stereocenters. The van der Waals surface area contributed by atoms with Crippen molar-refractivity contribution in [2.45, 2.75) is 6.18 Å². The highest BCUT2D eigenvalue weighted by molar-refractivity contribution is 6.31. The molecule has 172 valence electrons. The number of benzene rings is 1. The van der Waals surface area contributed by atoms with E-state index >= 15 is 0 Å². The lowest BCUT2D eigenvalue weighted by molar-refractivity contribution is -0.141. The molecule has 0 fully saturated rings. The first-order valence-electron chi connectivity index (χ1n) is 9.79. The van der Waals surface area contributed by atoms with Gasteiger partial charge in [0, 0.05) is 33.8 Å². The number of hydrogen-bond acceptors (Lipinski definition) is 5. The van der Waals surface area contributed by atoms with E-state index in [1.165, 1.54) is 42.1 Å². The molecule has 0 bridgehead atoms. The van der Waals surface area contributed by atoms with Crippen molar-refractivity contribution in [3.8, 4) is 28.4 Å². The van der Waals surface area contributed by atoms with E-state index in [4.69, 9.17) is 16.3 Å². The minimum atomic E-state index is -4.66. The molecule has 0 spiro atoms. The Balaban J connectivity index is 1.67. The van der Waals surface area contributed by atoms with Crippen LogP contribution < -0.4 is 10.3 Å². The lowest BCUT2D eigenvalue weighted by atomic mass is 10.0. The molecule has 0 radical (unpaired) electrons. The van der Waals surface area contributed by atoms with Crippen molar-refractivity contribution in [2.75, 3.05) is 7.11 Å². The van der Waals surface area contributed by atoms with Gasteiger partial charge >= 0.3 is 6.18 Å². The number of hydrogen-bond donors (Lipinski definition) is 1. The van der Waals surface area contributed by atoms with Gasteiger partial charge < -0.3 is 9.72 Å². The second kappa shape index (κ2) is 8.03. The van der Waals surface area contributed by atoms with Crippen LogP contribution in [0.15, 0.2) is 65.8 Å². The second-order valence-electron chi connectivity index (χ2n) is 7.27. The van der Waals surface area contributed by atoms with Crippen molar-refractivity contribution in [1.82, 2.24) is 29.5 Å². The van der Waals surface area contributed by atoms with Crippen LogP contribution >= 0.6 is 11.6 Å². The number of aromatic nitrogens is 6. The molecule has 1 aromatic carbocycles. The molecule has 0 amide bonds. The van der Waals surface area contributed by atoms with E-state index in [9.17, 15) is 18.0 Å². The maximum absolute atomic E-state index is 13.1. The van der Waals surface area contributed by atoms with Crippen LogP contribution in [0.2, 0.25) is 5.02 Å². The minimum Gasteiger partial charge on any atom is -0.495 e. The number of rotatable bonds is 4. The van der Waals surface area contributed by atoms with Gasteiger partial charge in [-0.15, -0.1) is 5.10 Å². The molecule has 8 nitrogen and oxygen atoms in total. The number of nitrogens with one attached hydrogen (secondary N) is 1. The fraction of sp³-hybridized carbons (Fsp3) is 0.0909. The topological polar surface area (TPSA) is 90.6 Å². The summed E-state index contributed by atoms with van der Waals surface area (Å²) in [6.07, 6.45) is -0.783. The summed E-state index contributed by atoms with van der Waals surface area (Å²) in [7, 11) is 1.42. The van der Waals surface area contributed by atoms with Gasteiger partial charge in [0.2, 0.25) is 0 Å². The molecule has 12 heteroatoms. The first-order valence-corrected chi connectivity index (χ1v) is 10.2. The molecule has 34 heavy (non-hydrogen) atoms. The molecule has 0 aliphatic rings. The smallest absolute Gasteiger partial charge is 0.436 e. The number of methoxy groups -OCH3 is 1. The number of H-pyrrole nitrogens is 1. The number of ether oxygens (including phenoxy) is 1. The zero-order chi connectivity index (χ0) is 24.0. The Morgan fingerprint density at radius 1 is 1.09 bits per heavy atom. The molecule has 5 rings (SSSR count). The Hall–Kier alpha value is -4.12. The van der Waals surface area contributed by atoms with E-state index < -0.39 is 17.4 Å². The van der Waals surface area contributed by atoms with Crippen molar-refractivity contribution in [2.24, 2.45) is 0 Å². The Bertz CT molecular complexity index is 1550. The van der Waals surface area contributed by atoms with E-state index in [1.54, 1.807) is 18.3 Å². The van der Waals surface area contributed by atoms with Crippen LogP contribution in [0.5, 0.6) is 5.75 Å². The van der Waals surface area contributed by atoms with Gasteiger partial charge in [0.1, 0.15) is 17.2 Å². The Morgan fingerprint density at radius 2 is 1.91 bits per heavy atom. The van der Waals surface area contributed by atoms with Gasteiger partial charge in [-0.3, -0.25) is 9.36 Å². The largest absolute Gasteiger partial charge is 0.495 e. The number of halogens is 4. The molecular weight excluding hydrogens is 473 g/mol. The number of fused-ring (bicyclic) bond motifs is 1. The third-order valence-corrected chi connectivity index (χ3v) is 5.39. The van der Waals surface area contributed by atoms with Crippen LogP contribution in [0.1, 0.15) is 5.69 Å². The highest BCUT2D eigenvalue weighted by Gasteiger charge is 2.34. The maximum atomic E-state index is 13.1. The van der Waals surface area contributed by atoms with Crippen LogP contribution in [0, 0.1) is 0 Å². The molecule has 0 aliphatic carbocycles. The summed E-state index contributed by atoms with van der Waals surface area (Å²) >= 11 is 6.18. The predicted molar refractivity (Wildman–Crippen MR) is 119 cm³/mol. The SMILES string of the molecule is COc1cn(-c2cc3cccnc3[nH]2)c(=O)cc1-c1cc(Cl)ccc1-n1cc(C(F)(F)F)nn1. The molecule has 1 N–H and O–H groups in total. The van der Waals surface area contributed by atoms with Crippen LogP contribution in [0.4, 0.5) is 13.2 Å². The maximum Gasteiger partial charge on any atom is 0.436 e. The first kappa shape index (κ1) is 21.7. The van der Waals surface area contributed by atoms with Gasteiger partial charge in [0.25, 0.3) is 5.56 Å². The molecule has 4 aromatic heterocycles. The zero-order valence-corrected chi connectivity index (χ0v) is 18.1. The van der Waals surface area contributed by atoms with Crippen LogP contribution in [0.3, 0.4) is 0 Å². The highest BCUT2D eigenvalue weighted by atomic mass is 35.5. The first-order chi connectivity index (χ1) is 16.2. The number of nitrogens with zero attached hydrogens (tertiary/aromatic N) is 5. The monoisotopic (exact) mass is 486 g/mol. The quantitative estimate of drug-likeness (QED) is 0.399. The molecule has 4 heterocycles. The fourth-order valence-corrected chi connectivity index (χ4v) is 3.76. The summed E-state index contributed by atoms with van der Waals surface area (Å²) in [5.74, 6) is 0.756.